The van der Waals surface area contributed by atoms with Gasteiger partial charge in [0.2, 0.25) is 5.88 Å². The SMILES string of the molecule is CCOc1ccc(Oc2cncc(C(=O)NN)n2)cc1. The summed E-state index contributed by atoms with van der Waals surface area (Å²) < 4.78 is 10.8. The van der Waals surface area contributed by atoms with Gasteiger partial charge < -0.3 is 9.47 Å². The Kier molecular flexibility index (Phi) is 4.46. The molecule has 7 heteroatoms. The lowest BCUT2D eigenvalue weighted by Crippen LogP contribution is -2.30. The molecule has 3 N–H and O–H groups in total. The maximum atomic E-state index is 11.3. The van der Waals surface area contributed by atoms with Crippen LogP contribution in [-0.2, 0) is 0 Å². The molecule has 7 nitrogen and oxygen atoms in total. The second kappa shape index (κ2) is 6.48. The van der Waals surface area contributed by atoms with Gasteiger partial charge in [0.25, 0.3) is 5.91 Å². The average Bonchev–Trinajstić information content (AvgIpc) is 2.49. The van der Waals surface area contributed by atoms with Crippen LogP contribution in [0, 0.1) is 0 Å². The summed E-state index contributed by atoms with van der Waals surface area (Å²) in [5.74, 6) is 6.02. The first-order chi connectivity index (χ1) is 9.72. The van der Waals surface area contributed by atoms with E-state index in [9.17, 15) is 4.79 Å². The number of carbonyl (C=O) groups is 1. The van der Waals surface area contributed by atoms with E-state index in [0.29, 0.717) is 12.4 Å². The molecule has 0 radical (unpaired) electrons. The summed E-state index contributed by atoms with van der Waals surface area (Å²) in [6.45, 7) is 2.51. The van der Waals surface area contributed by atoms with Crippen molar-refractivity contribution in [2.24, 2.45) is 5.84 Å². The first kappa shape index (κ1) is 13.8. The number of carbonyl (C=O) groups excluding carboxylic acids is 1. The van der Waals surface area contributed by atoms with Crippen molar-refractivity contribution in [1.29, 1.82) is 0 Å². The average molecular weight is 274 g/mol. The van der Waals surface area contributed by atoms with E-state index in [4.69, 9.17) is 15.3 Å². The van der Waals surface area contributed by atoms with Gasteiger partial charge in [0.15, 0.2) is 5.69 Å². The molecule has 0 unspecified atom stereocenters. The zero-order chi connectivity index (χ0) is 14.4. The maximum Gasteiger partial charge on any atom is 0.285 e. The number of nitrogens with two attached hydrogens (primary N) is 1. The first-order valence-electron chi connectivity index (χ1n) is 5.96. The highest BCUT2D eigenvalue weighted by molar-refractivity contribution is 5.91. The zero-order valence-corrected chi connectivity index (χ0v) is 10.9. The van der Waals surface area contributed by atoms with Gasteiger partial charge in [-0.3, -0.25) is 15.2 Å². The van der Waals surface area contributed by atoms with Crippen LogP contribution in [0.1, 0.15) is 17.4 Å². The Morgan fingerprint density at radius 1 is 1.25 bits per heavy atom. The number of nitrogens with zero attached hydrogens (tertiary/aromatic N) is 2. The quantitative estimate of drug-likeness (QED) is 0.484. The number of nitrogen functional groups attached to an aromatic ring is 1. The fourth-order valence-corrected chi connectivity index (χ4v) is 1.47. The molecule has 0 fully saturated rings. The van der Waals surface area contributed by atoms with E-state index >= 15 is 0 Å². The molecular weight excluding hydrogens is 260 g/mol. The van der Waals surface area contributed by atoms with Gasteiger partial charge in [0, 0.05) is 0 Å². The topological polar surface area (TPSA) is 99.4 Å². The molecule has 0 saturated carbocycles. The van der Waals surface area contributed by atoms with E-state index in [1.165, 1.54) is 12.4 Å². The third-order valence-electron chi connectivity index (χ3n) is 2.33. The normalized spacial score (nSPS) is 9.90. The van der Waals surface area contributed by atoms with E-state index in [1.54, 1.807) is 24.3 Å². The van der Waals surface area contributed by atoms with E-state index < -0.39 is 5.91 Å². The Labute approximate surface area is 115 Å². The maximum absolute atomic E-state index is 11.3. The largest absolute Gasteiger partial charge is 0.494 e. The predicted octanol–water partition coefficient (Wildman–Crippen LogP) is 1.27. The summed E-state index contributed by atoms with van der Waals surface area (Å²) in [6.07, 6.45) is 2.71. The van der Waals surface area contributed by atoms with Crippen LogP contribution in [-0.4, -0.2) is 22.5 Å². The third-order valence-corrected chi connectivity index (χ3v) is 2.33. The summed E-state index contributed by atoms with van der Waals surface area (Å²) in [5.41, 5.74) is 2.06. The number of rotatable bonds is 5. The first-order valence-corrected chi connectivity index (χ1v) is 5.96. The van der Waals surface area contributed by atoms with E-state index in [0.717, 1.165) is 5.75 Å². The number of hydrogen-bond acceptors (Lipinski definition) is 6. The molecule has 2 aromatic rings. The molecule has 0 spiro atoms. The number of benzene rings is 1. The molecule has 0 atom stereocenters. The van der Waals surface area contributed by atoms with E-state index in [2.05, 4.69) is 9.97 Å². The van der Waals surface area contributed by atoms with Gasteiger partial charge in [-0.25, -0.2) is 10.8 Å². The fraction of sp³-hybridized carbons (Fsp3) is 0.154. The second-order valence-electron chi connectivity index (χ2n) is 3.72. The molecule has 0 saturated heterocycles. The van der Waals surface area contributed by atoms with Crippen LogP contribution in [0.5, 0.6) is 17.4 Å². The van der Waals surface area contributed by atoms with Crippen LogP contribution >= 0.6 is 0 Å². The predicted molar refractivity (Wildman–Crippen MR) is 71.4 cm³/mol. The van der Waals surface area contributed by atoms with Gasteiger partial charge in [-0.2, -0.15) is 0 Å². The van der Waals surface area contributed by atoms with Crippen molar-refractivity contribution in [2.45, 2.75) is 6.92 Å². The Hall–Kier alpha value is -2.67. The van der Waals surface area contributed by atoms with Crippen LogP contribution in [0.4, 0.5) is 0 Å². The number of hydrogen-bond donors (Lipinski definition) is 2. The van der Waals surface area contributed by atoms with Gasteiger partial charge >= 0.3 is 0 Å². The summed E-state index contributed by atoms with van der Waals surface area (Å²) in [5, 5.41) is 0. The Balaban J connectivity index is 2.11. The lowest BCUT2D eigenvalue weighted by molar-refractivity contribution is 0.0947. The van der Waals surface area contributed by atoms with Crippen LogP contribution in [0.3, 0.4) is 0 Å². The minimum atomic E-state index is -0.533. The summed E-state index contributed by atoms with van der Waals surface area (Å²) in [6, 6.07) is 7.04. The van der Waals surface area contributed by atoms with Gasteiger partial charge in [-0.1, -0.05) is 0 Å². The Morgan fingerprint density at radius 2 is 1.95 bits per heavy atom. The highest BCUT2D eigenvalue weighted by atomic mass is 16.5. The van der Waals surface area contributed by atoms with Crippen molar-refractivity contribution in [3.8, 4) is 17.4 Å². The molecule has 20 heavy (non-hydrogen) atoms. The molecule has 1 aromatic carbocycles. The molecular formula is C13H14N4O3. The molecule has 0 bridgehead atoms. The summed E-state index contributed by atoms with van der Waals surface area (Å²) in [7, 11) is 0. The summed E-state index contributed by atoms with van der Waals surface area (Å²) >= 11 is 0. The second-order valence-corrected chi connectivity index (χ2v) is 3.72. The molecule has 104 valence electrons. The molecule has 0 aliphatic carbocycles. The van der Waals surface area contributed by atoms with Gasteiger partial charge in [-0.05, 0) is 31.2 Å². The molecule has 2 rings (SSSR count). The van der Waals surface area contributed by atoms with Gasteiger partial charge in [0.05, 0.1) is 19.0 Å². The zero-order valence-electron chi connectivity index (χ0n) is 10.9. The lowest BCUT2D eigenvalue weighted by Gasteiger charge is -2.07. The number of ether oxygens (including phenoxy) is 2. The van der Waals surface area contributed by atoms with Crippen molar-refractivity contribution in [3.05, 3.63) is 42.4 Å². The monoisotopic (exact) mass is 274 g/mol. The highest BCUT2D eigenvalue weighted by Gasteiger charge is 2.08. The molecule has 1 heterocycles. The Bertz CT molecular complexity index is 586. The molecule has 0 aliphatic heterocycles. The Morgan fingerprint density at radius 3 is 2.60 bits per heavy atom. The van der Waals surface area contributed by atoms with Gasteiger partial charge in [-0.15, -0.1) is 0 Å². The molecule has 1 amide bonds. The fourth-order valence-electron chi connectivity index (χ4n) is 1.47. The van der Waals surface area contributed by atoms with Crippen LogP contribution in [0.15, 0.2) is 36.7 Å². The highest BCUT2D eigenvalue weighted by Crippen LogP contribution is 2.22. The van der Waals surface area contributed by atoms with Crippen LogP contribution < -0.4 is 20.7 Å². The van der Waals surface area contributed by atoms with Crippen LogP contribution in [0.2, 0.25) is 0 Å². The smallest absolute Gasteiger partial charge is 0.285 e. The third kappa shape index (κ3) is 3.42. The van der Waals surface area contributed by atoms with Gasteiger partial charge in [0.1, 0.15) is 11.5 Å². The standard InChI is InChI=1S/C13H14N4O3/c1-2-19-9-3-5-10(6-4-9)20-12-8-15-7-11(16-12)13(18)17-14/h3-8H,2,14H2,1H3,(H,17,18). The minimum absolute atomic E-state index is 0.0796. The number of nitrogens with one attached hydrogen (secondary N) is 1. The lowest BCUT2D eigenvalue weighted by atomic mass is 10.3. The van der Waals surface area contributed by atoms with Crippen molar-refractivity contribution in [2.75, 3.05) is 6.61 Å². The van der Waals surface area contributed by atoms with Crippen molar-refractivity contribution in [1.82, 2.24) is 15.4 Å². The minimum Gasteiger partial charge on any atom is -0.494 e. The number of hydrazine groups is 1. The summed E-state index contributed by atoms with van der Waals surface area (Å²) in [4.78, 5) is 19.2. The van der Waals surface area contributed by atoms with Crippen molar-refractivity contribution >= 4 is 5.91 Å². The van der Waals surface area contributed by atoms with Crippen molar-refractivity contribution in [3.63, 3.8) is 0 Å². The number of amides is 1. The van der Waals surface area contributed by atoms with E-state index in [1.807, 2.05) is 12.3 Å². The van der Waals surface area contributed by atoms with Crippen LogP contribution in [0.25, 0.3) is 0 Å². The van der Waals surface area contributed by atoms with E-state index in [-0.39, 0.29) is 11.6 Å². The molecule has 0 aliphatic rings. The number of aromatic nitrogens is 2. The molecule has 1 aromatic heterocycles. The van der Waals surface area contributed by atoms with Crippen molar-refractivity contribution < 1.29 is 14.3 Å².